The van der Waals surface area contributed by atoms with Crippen molar-refractivity contribution in [2.75, 3.05) is 0 Å². The Hall–Kier alpha value is -2.28. The number of halogens is 4. The van der Waals surface area contributed by atoms with Crippen molar-refractivity contribution in [3.63, 3.8) is 0 Å². The second-order valence-electron chi connectivity index (χ2n) is 6.07. The molecule has 0 fully saturated rings. The average molecular weight is 407 g/mol. The van der Waals surface area contributed by atoms with E-state index in [-0.39, 0.29) is 23.5 Å². The summed E-state index contributed by atoms with van der Waals surface area (Å²) in [5.74, 6) is 0.633. The van der Waals surface area contributed by atoms with Crippen molar-refractivity contribution in [1.82, 2.24) is 9.55 Å². The van der Waals surface area contributed by atoms with Crippen LogP contribution in [0.2, 0.25) is 0 Å². The molecule has 0 unspecified atom stereocenters. The summed E-state index contributed by atoms with van der Waals surface area (Å²) in [7, 11) is 0. The van der Waals surface area contributed by atoms with Gasteiger partial charge in [-0.1, -0.05) is 24.3 Å². The number of aromatic nitrogens is 2. The maximum Gasteiger partial charge on any atom is 0.387 e. The highest BCUT2D eigenvalue weighted by Crippen LogP contribution is 2.57. The molecule has 1 aliphatic carbocycles. The van der Waals surface area contributed by atoms with E-state index in [0.29, 0.717) is 15.6 Å². The summed E-state index contributed by atoms with van der Waals surface area (Å²) in [6.07, 6.45) is 2.05. The molecule has 5 rings (SSSR count). The van der Waals surface area contributed by atoms with Crippen LogP contribution < -0.4 is 4.74 Å². The summed E-state index contributed by atoms with van der Waals surface area (Å²) in [6.45, 7) is -2.89. The van der Waals surface area contributed by atoms with E-state index in [0.717, 1.165) is 16.9 Å². The Morgan fingerprint density at radius 2 is 2.00 bits per heavy atom. The lowest BCUT2D eigenvalue weighted by Crippen LogP contribution is -2.13. The second kappa shape index (κ2) is 5.11. The lowest BCUT2D eigenvalue weighted by molar-refractivity contribution is -0.0507. The molecule has 25 heavy (non-hydrogen) atoms. The zero-order valence-electron chi connectivity index (χ0n) is 12.6. The first-order valence-corrected chi connectivity index (χ1v) is 8.46. The van der Waals surface area contributed by atoms with E-state index in [1.165, 1.54) is 12.1 Å². The van der Waals surface area contributed by atoms with Crippen LogP contribution in [0.15, 0.2) is 46.9 Å². The molecule has 0 spiro atoms. The van der Waals surface area contributed by atoms with Gasteiger partial charge < -0.3 is 9.30 Å². The standard InChI is InChI=1S/C18H10BrF3N2O/c19-11-6-14-13(7-12(11)20)23-17-10-5-9(10)16(24(14)17)8-3-1-2-4-15(8)25-18(21)22/h1-7,9,16,18H/t9-,16+/m1/s1. The maximum absolute atomic E-state index is 13.8. The third kappa shape index (κ3) is 2.15. The van der Waals surface area contributed by atoms with Gasteiger partial charge in [-0.15, -0.1) is 0 Å². The fraction of sp³-hybridized carbons (Fsp3) is 0.167. The smallest absolute Gasteiger partial charge is 0.387 e. The van der Waals surface area contributed by atoms with Gasteiger partial charge in [0.15, 0.2) is 0 Å². The molecule has 2 heterocycles. The highest BCUT2D eigenvalue weighted by molar-refractivity contribution is 9.10. The molecule has 3 nitrogen and oxygen atoms in total. The van der Waals surface area contributed by atoms with Crippen molar-refractivity contribution in [3.8, 4) is 5.75 Å². The first kappa shape index (κ1) is 15.0. The third-order valence-corrected chi connectivity index (χ3v) is 5.28. The predicted molar refractivity (Wildman–Crippen MR) is 90.1 cm³/mol. The molecule has 0 saturated heterocycles. The van der Waals surface area contributed by atoms with E-state index in [9.17, 15) is 13.2 Å². The van der Waals surface area contributed by atoms with Crippen molar-refractivity contribution in [2.45, 2.75) is 12.7 Å². The lowest BCUT2D eigenvalue weighted by Gasteiger charge is -2.20. The van der Waals surface area contributed by atoms with Crippen molar-refractivity contribution in [3.05, 3.63) is 64.2 Å². The number of ether oxygens (including phenoxy) is 1. The number of fused-ring (bicyclic) bond motifs is 5. The zero-order valence-corrected chi connectivity index (χ0v) is 14.2. The van der Waals surface area contributed by atoms with Crippen molar-refractivity contribution in [1.29, 1.82) is 0 Å². The molecule has 2 aliphatic rings. The van der Waals surface area contributed by atoms with Crippen LogP contribution in [0.5, 0.6) is 5.75 Å². The van der Waals surface area contributed by atoms with E-state index in [1.54, 1.807) is 24.3 Å². The number of para-hydroxylation sites is 1. The molecular formula is C18H10BrF3N2O. The van der Waals surface area contributed by atoms with Crippen molar-refractivity contribution in [2.24, 2.45) is 5.92 Å². The summed E-state index contributed by atoms with van der Waals surface area (Å²) in [6, 6.07) is 9.61. The van der Waals surface area contributed by atoms with Gasteiger partial charge in [-0.3, -0.25) is 0 Å². The van der Waals surface area contributed by atoms with Crippen molar-refractivity contribution < 1.29 is 17.9 Å². The van der Waals surface area contributed by atoms with Crippen LogP contribution in [0, 0.1) is 11.7 Å². The van der Waals surface area contributed by atoms with E-state index in [4.69, 9.17) is 4.74 Å². The molecule has 2 atom stereocenters. The van der Waals surface area contributed by atoms with E-state index < -0.39 is 6.61 Å². The van der Waals surface area contributed by atoms with Gasteiger partial charge in [0.2, 0.25) is 0 Å². The van der Waals surface area contributed by atoms with Gasteiger partial charge in [-0.2, -0.15) is 8.78 Å². The van der Waals surface area contributed by atoms with Crippen LogP contribution in [0.3, 0.4) is 0 Å². The second-order valence-corrected chi connectivity index (χ2v) is 6.92. The van der Waals surface area contributed by atoms with Crippen LogP contribution in [-0.2, 0) is 0 Å². The number of hydrogen-bond donors (Lipinski definition) is 0. The van der Waals surface area contributed by atoms with Crippen molar-refractivity contribution >= 4 is 32.5 Å². The van der Waals surface area contributed by atoms with E-state index in [2.05, 4.69) is 27.0 Å². The molecule has 1 aromatic heterocycles. The summed E-state index contributed by atoms with van der Waals surface area (Å²) >= 11 is 3.20. The predicted octanol–water partition coefficient (Wildman–Crippen LogP) is 5.16. The monoisotopic (exact) mass is 406 g/mol. The maximum atomic E-state index is 13.8. The molecule has 0 saturated carbocycles. The normalized spacial score (nSPS) is 20.6. The summed E-state index contributed by atoms with van der Waals surface area (Å²) < 4.78 is 46.4. The molecule has 0 radical (unpaired) electrons. The summed E-state index contributed by atoms with van der Waals surface area (Å²) in [5.41, 5.74) is 3.02. The lowest BCUT2D eigenvalue weighted by atomic mass is 10.00. The van der Waals surface area contributed by atoms with Gasteiger partial charge in [0.25, 0.3) is 0 Å². The zero-order chi connectivity index (χ0) is 17.3. The first-order chi connectivity index (χ1) is 12.0. The molecule has 126 valence electrons. The Kier molecular flexibility index (Phi) is 3.07. The molecule has 1 aliphatic heterocycles. The number of alkyl halides is 2. The highest BCUT2D eigenvalue weighted by Gasteiger charge is 2.47. The van der Waals surface area contributed by atoms with Gasteiger partial charge in [0.05, 0.1) is 21.5 Å². The molecular weight excluding hydrogens is 397 g/mol. The number of imidazole rings is 1. The van der Waals surface area contributed by atoms with E-state index in [1.807, 2.05) is 4.57 Å². The molecule has 3 aromatic rings. The number of nitrogens with zero attached hydrogens (tertiary/aromatic N) is 2. The highest BCUT2D eigenvalue weighted by atomic mass is 79.9. The quantitative estimate of drug-likeness (QED) is 0.600. The Balaban J connectivity index is 1.72. The van der Waals surface area contributed by atoms with Gasteiger partial charge >= 0.3 is 6.61 Å². The molecule has 2 aromatic carbocycles. The van der Waals surface area contributed by atoms with Crippen LogP contribution in [-0.4, -0.2) is 16.2 Å². The minimum Gasteiger partial charge on any atom is -0.434 e. The minimum absolute atomic E-state index is 0.109. The van der Waals surface area contributed by atoms with Crippen LogP contribution in [0.4, 0.5) is 13.2 Å². The Morgan fingerprint density at radius 1 is 1.20 bits per heavy atom. The molecule has 0 N–H and O–H groups in total. The number of hydrogen-bond acceptors (Lipinski definition) is 2. The first-order valence-electron chi connectivity index (χ1n) is 7.67. The van der Waals surface area contributed by atoms with Gasteiger partial charge in [0, 0.05) is 23.1 Å². The largest absolute Gasteiger partial charge is 0.434 e. The Labute approximate surface area is 148 Å². The third-order valence-electron chi connectivity index (χ3n) is 4.67. The van der Waals surface area contributed by atoms with Crippen LogP contribution in [0.25, 0.3) is 16.6 Å². The topological polar surface area (TPSA) is 27.1 Å². The fourth-order valence-corrected chi connectivity index (χ4v) is 3.96. The number of rotatable bonds is 3. The number of benzene rings is 2. The Bertz CT molecular complexity index is 1060. The molecule has 0 amide bonds. The minimum atomic E-state index is -2.89. The molecule has 0 bridgehead atoms. The van der Waals surface area contributed by atoms with Gasteiger partial charge in [-0.05, 0) is 28.1 Å². The van der Waals surface area contributed by atoms with Crippen LogP contribution in [0.1, 0.15) is 17.4 Å². The van der Waals surface area contributed by atoms with Gasteiger partial charge in [0.1, 0.15) is 17.4 Å². The average Bonchev–Trinajstić information content (AvgIpc) is 3.18. The Morgan fingerprint density at radius 3 is 2.80 bits per heavy atom. The SMILES string of the molecule is Fc1cc2nc3n(c2cc1Br)[C@@H](c1ccccc1OC(F)F)[C@@H]1C=C31. The van der Waals surface area contributed by atoms with Crippen LogP contribution >= 0.6 is 15.9 Å². The summed E-state index contributed by atoms with van der Waals surface area (Å²) in [4.78, 5) is 4.53. The fourth-order valence-electron chi connectivity index (χ4n) is 3.63. The van der Waals surface area contributed by atoms with E-state index >= 15 is 0 Å². The molecule has 7 heteroatoms. The van der Waals surface area contributed by atoms with Gasteiger partial charge in [-0.25, -0.2) is 9.37 Å². The number of allylic oxidation sites excluding steroid dienone is 2. The summed E-state index contributed by atoms with van der Waals surface area (Å²) in [5, 5.41) is 0.